The number of ether oxygens (including phenoxy) is 4. The number of aromatic amines is 1. The number of likely N-dealkylation sites (N-methyl/N-ethyl adjacent to an activating group) is 1. The van der Waals surface area contributed by atoms with Gasteiger partial charge in [0.1, 0.15) is 42.1 Å². The van der Waals surface area contributed by atoms with E-state index in [4.69, 9.17) is 30.5 Å². The first kappa shape index (κ1) is 46.0. The van der Waals surface area contributed by atoms with Crippen molar-refractivity contribution in [3.8, 4) is 5.75 Å². The summed E-state index contributed by atoms with van der Waals surface area (Å²) in [4.78, 5) is 72.6. The van der Waals surface area contributed by atoms with Gasteiger partial charge in [0, 0.05) is 49.5 Å². The summed E-state index contributed by atoms with van der Waals surface area (Å²) in [6, 6.07) is 7.91. The Morgan fingerprint density at radius 2 is 1.68 bits per heavy atom. The second-order valence-corrected chi connectivity index (χ2v) is 16.0. The number of carboxylic acids is 1. The third-order valence-electron chi connectivity index (χ3n) is 11.1. The Hall–Kier alpha value is -5.04. The number of H-pyrrole nitrogens is 1. The number of hydrogen-bond acceptors (Lipinski definition) is 12. The van der Waals surface area contributed by atoms with Gasteiger partial charge in [-0.2, -0.15) is 0 Å². The van der Waals surface area contributed by atoms with Crippen LogP contribution < -0.4 is 15.4 Å². The highest BCUT2D eigenvalue weighted by atomic mass is 35.5. The molecule has 2 aliphatic rings. The van der Waals surface area contributed by atoms with Gasteiger partial charge >= 0.3 is 11.9 Å². The van der Waals surface area contributed by atoms with Gasteiger partial charge in [-0.1, -0.05) is 61.4 Å². The number of carboxylic acid groups (broad SMARTS) is 1. The smallest absolute Gasteiger partial charge is 0.338 e. The predicted molar refractivity (Wildman–Crippen MR) is 216 cm³/mol. The lowest BCUT2D eigenvalue weighted by molar-refractivity contribution is -0.306. The molecule has 0 saturated carbocycles. The third-order valence-corrected chi connectivity index (χ3v) is 11.4. The van der Waals surface area contributed by atoms with Crippen LogP contribution in [0.15, 0.2) is 60.3 Å². The highest BCUT2D eigenvalue weighted by Crippen LogP contribution is 2.35. The number of halogens is 1. The fraction of sp³-hybridized carbons (Fsp3) is 0.500. The van der Waals surface area contributed by atoms with Crippen LogP contribution in [0.25, 0.3) is 10.9 Å². The summed E-state index contributed by atoms with van der Waals surface area (Å²) in [6.45, 7) is 8.70. The van der Waals surface area contributed by atoms with Crippen molar-refractivity contribution >= 4 is 52.2 Å². The number of aliphatic carboxylic acids is 1. The van der Waals surface area contributed by atoms with Gasteiger partial charge in [-0.15, -0.1) is 0 Å². The average molecular weight is 857 g/mol. The van der Waals surface area contributed by atoms with Crippen molar-refractivity contribution in [1.82, 2.24) is 20.5 Å². The average Bonchev–Trinajstić information content (AvgIpc) is 3.61. The number of aromatic nitrogens is 1. The summed E-state index contributed by atoms with van der Waals surface area (Å²) in [7, 11) is 2.71. The molecule has 3 aromatic rings. The number of methoxy groups -OCH3 is 1. The molecule has 2 aliphatic heterocycles. The molecule has 17 nitrogen and oxygen atoms in total. The number of cyclic esters (lactones) is 1. The van der Waals surface area contributed by atoms with E-state index in [2.05, 4.69) is 15.6 Å². The summed E-state index contributed by atoms with van der Waals surface area (Å²) in [5.41, 5.74) is 2.57. The van der Waals surface area contributed by atoms with Crippen LogP contribution in [0.5, 0.6) is 5.75 Å². The number of carbonyl (C=O) groups is 5. The lowest BCUT2D eigenvalue weighted by atomic mass is 9.94. The molecule has 3 amide bonds. The van der Waals surface area contributed by atoms with Crippen molar-refractivity contribution in [3.63, 3.8) is 0 Å². The lowest BCUT2D eigenvalue weighted by Gasteiger charge is -2.38. The highest BCUT2D eigenvalue weighted by molar-refractivity contribution is 6.32. The number of rotatable bonds is 7. The Morgan fingerprint density at radius 1 is 0.983 bits per heavy atom. The first-order chi connectivity index (χ1) is 28.3. The van der Waals surface area contributed by atoms with Gasteiger partial charge in [0.25, 0.3) is 0 Å². The molecule has 0 aliphatic carbocycles. The van der Waals surface area contributed by atoms with Crippen LogP contribution in [0.4, 0.5) is 0 Å². The molecule has 18 heteroatoms. The standard InChI is InChI=1S/C42H53ClN4O13/c1-19-14-20(2)23(5)58-41(56)35(57-7)32(24-12-13-30(27(43)16-24)59-42-31(39(53)54)33(48)34(49)40(55)60-42)46-37(51)29(17-25-18-44-28-11-9-8-10-26(25)28)47(6)38(52)22(4)45-36(50)21(3)15-19/h8-14,16,18,20-23,29,31-35,40,42,44,48-49,55H,15,17H2,1-7H3,(H,45,50)(H,46,51)(H,53,54). The minimum Gasteiger partial charge on any atom is -0.481 e. The second-order valence-electron chi connectivity index (χ2n) is 15.6. The number of fused-ring (bicyclic) bond motifs is 1. The third kappa shape index (κ3) is 10.3. The first-order valence-electron chi connectivity index (χ1n) is 19.5. The molecule has 3 heterocycles. The molecule has 5 rings (SSSR count). The minimum absolute atomic E-state index is 0.00851. The van der Waals surface area contributed by atoms with Crippen LogP contribution in [0.1, 0.15) is 58.2 Å². The summed E-state index contributed by atoms with van der Waals surface area (Å²) < 4.78 is 22.5. The zero-order valence-corrected chi connectivity index (χ0v) is 35.1. The number of benzene rings is 2. The van der Waals surface area contributed by atoms with E-state index in [1.807, 2.05) is 44.2 Å². The molecule has 2 aromatic carbocycles. The van der Waals surface area contributed by atoms with Gasteiger partial charge in [-0.25, -0.2) is 4.79 Å². The topological polar surface area (TPSA) is 246 Å². The van der Waals surface area contributed by atoms with E-state index >= 15 is 0 Å². The Bertz CT molecular complexity index is 2090. The lowest BCUT2D eigenvalue weighted by Crippen LogP contribution is -2.58. The van der Waals surface area contributed by atoms with Crippen LogP contribution in [0.2, 0.25) is 5.02 Å². The molecule has 0 bridgehead atoms. The van der Waals surface area contributed by atoms with E-state index in [1.54, 1.807) is 27.0 Å². The van der Waals surface area contributed by atoms with Gasteiger partial charge in [0.15, 0.2) is 12.4 Å². The maximum absolute atomic E-state index is 14.7. The molecule has 7 N–H and O–H groups in total. The quantitative estimate of drug-likeness (QED) is 0.134. The minimum atomic E-state index is -1.98. The summed E-state index contributed by atoms with van der Waals surface area (Å²) in [5.74, 6) is -6.86. The largest absolute Gasteiger partial charge is 0.481 e. The maximum Gasteiger partial charge on any atom is 0.338 e. The summed E-state index contributed by atoms with van der Waals surface area (Å²) in [5, 5.41) is 46.6. The van der Waals surface area contributed by atoms with Crippen molar-refractivity contribution in [2.45, 2.75) is 103 Å². The van der Waals surface area contributed by atoms with E-state index in [0.29, 0.717) is 12.0 Å². The molecule has 60 heavy (non-hydrogen) atoms. The van der Waals surface area contributed by atoms with Crippen molar-refractivity contribution in [3.05, 3.63) is 76.5 Å². The molecule has 0 radical (unpaired) electrons. The van der Waals surface area contributed by atoms with E-state index in [1.165, 1.54) is 37.3 Å². The van der Waals surface area contributed by atoms with Crippen molar-refractivity contribution in [2.75, 3.05) is 14.2 Å². The monoisotopic (exact) mass is 856 g/mol. The van der Waals surface area contributed by atoms with Gasteiger partial charge in [0.05, 0.1) is 11.1 Å². The van der Waals surface area contributed by atoms with Crippen LogP contribution in [0.3, 0.4) is 0 Å². The fourth-order valence-electron chi connectivity index (χ4n) is 7.47. The highest BCUT2D eigenvalue weighted by Gasteiger charge is 2.49. The fourth-order valence-corrected chi connectivity index (χ4v) is 7.70. The Labute approximate surface area is 351 Å². The number of carbonyl (C=O) groups excluding carboxylic acids is 4. The zero-order valence-electron chi connectivity index (χ0n) is 34.3. The number of nitrogens with one attached hydrogen (secondary N) is 3. The number of esters is 1. The van der Waals surface area contributed by atoms with E-state index < -0.39 is 90.7 Å². The molecule has 1 fully saturated rings. The van der Waals surface area contributed by atoms with E-state index in [-0.39, 0.29) is 34.6 Å². The van der Waals surface area contributed by atoms with Crippen LogP contribution in [-0.4, -0.2) is 123 Å². The van der Waals surface area contributed by atoms with Crippen LogP contribution in [-0.2, 0) is 44.6 Å². The molecule has 326 valence electrons. The Morgan fingerprint density at radius 3 is 2.35 bits per heavy atom. The van der Waals surface area contributed by atoms with Gasteiger partial charge in [-0.3, -0.25) is 19.2 Å². The first-order valence-corrected chi connectivity index (χ1v) is 19.9. The number of hydrogen-bond donors (Lipinski definition) is 7. The molecule has 12 atom stereocenters. The number of aliphatic hydroxyl groups excluding tert-OH is 3. The van der Waals surface area contributed by atoms with E-state index in [0.717, 1.165) is 16.5 Å². The molecule has 12 unspecified atom stereocenters. The number of allylic oxidation sites excluding steroid dienone is 1. The van der Waals surface area contributed by atoms with Crippen LogP contribution >= 0.6 is 11.6 Å². The second kappa shape index (κ2) is 19.6. The SMILES string of the molecule is COC1C(=O)OC(C)C(C)C=C(C)CC(C)C(=O)NC(C)C(=O)N(C)C(Cc2c[nH]c3ccccc23)C(=O)NC1c1ccc(OC2OC(O)C(O)C(O)C2C(=O)O)c(Cl)c1. The van der Waals surface area contributed by atoms with Gasteiger partial charge in [0.2, 0.25) is 24.0 Å². The molecule has 1 aromatic heterocycles. The van der Waals surface area contributed by atoms with Gasteiger partial charge in [-0.05, 0) is 56.5 Å². The van der Waals surface area contributed by atoms with Crippen LogP contribution in [0, 0.1) is 17.8 Å². The van der Waals surface area contributed by atoms with Crippen molar-refractivity contribution in [1.29, 1.82) is 0 Å². The molecule has 1 saturated heterocycles. The number of nitrogens with zero attached hydrogens (tertiary/aromatic N) is 1. The zero-order chi connectivity index (χ0) is 44.2. The van der Waals surface area contributed by atoms with Crippen molar-refractivity contribution < 1.29 is 63.3 Å². The number of para-hydroxylation sites is 1. The Kier molecular flexibility index (Phi) is 15.0. The number of amides is 3. The molecule has 0 spiro atoms. The molecular formula is C42H53ClN4O13. The maximum atomic E-state index is 14.7. The predicted octanol–water partition coefficient (Wildman–Crippen LogP) is 2.60. The van der Waals surface area contributed by atoms with E-state index in [9.17, 15) is 44.4 Å². The molecular weight excluding hydrogens is 804 g/mol. The number of aliphatic hydroxyl groups is 3. The normalized spacial score (nSPS) is 31.6. The van der Waals surface area contributed by atoms with Gasteiger partial charge < -0.3 is 59.9 Å². The Balaban J connectivity index is 1.58. The summed E-state index contributed by atoms with van der Waals surface area (Å²) in [6.07, 6.45) is -5.84. The summed E-state index contributed by atoms with van der Waals surface area (Å²) >= 11 is 6.69. The van der Waals surface area contributed by atoms with Crippen molar-refractivity contribution in [2.24, 2.45) is 17.8 Å².